The molecule has 1 aromatic carbocycles. The summed E-state index contributed by atoms with van der Waals surface area (Å²) in [7, 11) is 0. The molecule has 184 valence electrons. The SMILES string of the molecule is O=C(Cc1ccc(Cl)c(Cl)c1)N1CCN(CC(O)c2ccon2)[C@@H]2COC[C@H](N3CCCC3)C21. The van der Waals surface area contributed by atoms with Gasteiger partial charge in [0.2, 0.25) is 5.91 Å². The van der Waals surface area contributed by atoms with Crippen molar-refractivity contribution in [3.8, 4) is 0 Å². The second-order valence-corrected chi connectivity index (χ2v) is 10.2. The molecule has 5 rings (SSSR count). The van der Waals surface area contributed by atoms with E-state index in [1.807, 2.05) is 11.0 Å². The number of amides is 1. The molecule has 0 spiro atoms. The van der Waals surface area contributed by atoms with Crippen molar-refractivity contribution >= 4 is 29.1 Å². The molecule has 1 N–H and O–H groups in total. The van der Waals surface area contributed by atoms with E-state index in [2.05, 4.69) is 15.0 Å². The third-order valence-corrected chi connectivity index (χ3v) is 8.04. The number of nitrogens with zero attached hydrogens (tertiary/aromatic N) is 4. The van der Waals surface area contributed by atoms with Crippen molar-refractivity contribution in [2.45, 2.75) is 43.5 Å². The summed E-state index contributed by atoms with van der Waals surface area (Å²) in [4.78, 5) is 20.3. The molecular weight excluding hydrogens is 479 g/mol. The molecule has 8 nitrogen and oxygen atoms in total. The molecule has 4 atom stereocenters. The predicted octanol–water partition coefficient (Wildman–Crippen LogP) is 2.63. The number of hydrogen-bond donors (Lipinski definition) is 1. The smallest absolute Gasteiger partial charge is 0.227 e. The van der Waals surface area contributed by atoms with Gasteiger partial charge in [-0.25, -0.2) is 0 Å². The molecular formula is C24H30Cl2N4O4. The normalized spacial score (nSPS) is 27.0. The largest absolute Gasteiger partial charge is 0.385 e. The first-order chi connectivity index (χ1) is 16.5. The van der Waals surface area contributed by atoms with Gasteiger partial charge in [-0.3, -0.25) is 14.6 Å². The van der Waals surface area contributed by atoms with Crippen molar-refractivity contribution in [2.24, 2.45) is 0 Å². The molecule has 0 saturated carbocycles. The number of piperazine rings is 1. The highest BCUT2D eigenvalue weighted by Gasteiger charge is 2.48. The van der Waals surface area contributed by atoms with E-state index >= 15 is 0 Å². The van der Waals surface area contributed by atoms with Crippen LogP contribution in [0.1, 0.15) is 30.2 Å². The molecule has 3 aliphatic heterocycles. The first kappa shape index (κ1) is 24.0. The zero-order chi connectivity index (χ0) is 23.7. The lowest BCUT2D eigenvalue weighted by Gasteiger charge is -2.54. The minimum Gasteiger partial charge on any atom is -0.385 e. The Hall–Kier alpha value is -1.68. The third kappa shape index (κ3) is 4.98. The summed E-state index contributed by atoms with van der Waals surface area (Å²) < 4.78 is 11.0. The summed E-state index contributed by atoms with van der Waals surface area (Å²) in [5, 5.41) is 15.6. The second-order valence-electron chi connectivity index (χ2n) is 9.35. The molecule has 0 radical (unpaired) electrons. The van der Waals surface area contributed by atoms with E-state index in [9.17, 15) is 9.90 Å². The maximum absolute atomic E-state index is 13.6. The Labute approximate surface area is 209 Å². The van der Waals surface area contributed by atoms with Gasteiger partial charge in [0, 0.05) is 25.7 Å². The minimum absolute atomic E-state index is 0.00703. The van der Waals surface area contributed by atoms with Crippen LogP contribution >= 0.6 is 23.2 Å². The summed E-state index contributed by atoms with van der Waals surface area (Å²) >= 11 is 12.3. The number of fused-ring (bicyclic) bond motifs is 1. The number of benzene rings is 1. The van der Waals surface area contributed by atoms with E-state index < -0.39 is 6.10 Å². The predicted molar refractivity (Wildman–Crippen MR) is 128 cm³/mol. The Morgan fingerprint density at radius 3 is 2.62 bits per heavy atom. The summed E-state index contributed by atoms with van der Waals surface area (Å²) in [6.45, 7) is 4.84. The number of aliphatic hydroxyl groups is 1. The molecule has 2 aromatic rings. The van der Waals surface area contributed by atoms with Crippen LogP contribution in [0, 0.1) is 0 Å². The van der Waals surface area contributed by atoms with Crippen LogP contribution in [0.15, 0.2) is 35.1 Å². The Kier molecular flexibility index (Phi) is 7.44. The fraction of sp³-hybridized carbons (Fsp3) is 0.583. The van der Waals surface area contributed by atoms with Gasteiger partial charge in [-0.1, -0.05) is 34.4 Å². The summed E-state index contributed by atoms with van der Waals surface area (Å²) in [5.74, 6) is 0.0798. The quantitative estimate of drug-likeness (QED) is 0.641. The maximum Gasteiger partial charge on any atom is 0.227 e. The monoisotopic (exact) mass is 508 g/mol. The number of likely N-dealkylation sites (tertiary alicyclic amines) is 1. The molecule has 1 aromatic heterocycles. The van der Waals surface area contributed by atoms with Gasteiger partial charge < -0.3 is 19.3 Å². The average Bonchev–Trinajstić information content (AvgIpc) is 3.56. The minimum atomic E-state index is -0.759. The Morgan fingerprint density at radius 1 is 1.09 bits per heavy atom. The van der Waals surface area contributed by atoms with Crippen LogP contribution in [0.3, 0.4) is 0 Å². The van der Waals surface area contributed by atoms with Crippen LogP contribution in [0.4, 0.5) is 0 Å². The van der Waals surface area contributed by atoms with Gasteiger partial charge in [-0.2, -0.15) is 0 Å². The first-order valence-electron chi connectivity index (χ1n) is 11.9. The lowest BCUT2D eigenvalue weighted by molar-refractivity contribution is -0.154. The van der Waals surface area contributed by atoms with Gasteiger partial charge in [0.15, 0.2) is 0 Å². The summed E-state index contributed by atoms with van der Waals surface area (Å²) in [6.07, 6.45) is 3.31. The van der Waals surface area contributed by atoms with Crippen LogP contribution in [-0.2, 0) is 16.0 Å². The van der Waals surface area contributed by atoms with Gasteiger partial charge in [0.25, 0.3) is 0 Å². The van der Waals surface area contributed by atoms with Crippen LogP contribution in [0.2, 0.25) is 10.0 Å². The Balaban J connectivity index is 1.37. The van der Waals surface area contributed by atoms with Crippen LogP contribution in [-0.4, -0.2) is 94.9 Å². The van der Waals surface area contributed by atoms with Crippen molar-refractivity contribution in [1.82, 2.24) is 19.9 Å². The van der Waals surface area contributed by atoms with Crippen LogP contribution < -0.4 is 0 Å². The highest BCUT2D eigenvalue weighted by Crippen LogP contribution is 2.31. The fourth-order valence-electron chi connectivity index (χ4n) is 5.60. The highest BCUT2D eigenvalue weighted by atomic mass is 35.5. The highest BCUT2D eigenvalue weighted by molar-refractivity contribution is 6.42. The zero-order valence-corrected chi connectivity index (χ0v) is 20.5. The van der Waals surface area contributed by atoms with Gasteiger partial charge in [-0.15, -0.1) is 0 Å². The Bertz CT molecular complexity index is 985. The third-order valence-electron chi connectivity index (χ3n) is 7.30. The molecule has 10 heteroatoms. The average molecular weight is 509 g/mol. The lowest BCUT2D eigenvalue weighted by atomic mass is 9.90. The number of carbonyl (C=O) groups excluding carboxylic acids is 1. The van der Waals surface area contributed by atoms with Gasteiger partial charge in [-0.05, 0) is 43.6 Å². The van der Waals surface area contributed by atoms with Crippen molar-refractivity contribution in [3.05, 3.63) is 51.8 Å². The number of ether oxygens (including phenoxy) is 1. The summed E-state index contributed by atoms with van der Waals surface area (Å²) in [5.41, 5.74) is 1.37. The number of aliphatic hydroxyl groups excluding tert-OH is 1. The van der Waals surface area contributed by atoms with E-state index in [0.717, 1.165) is 18.7 Å². The van der Waals surface area contributed by atoms with E-state index in [1.165, 1.54) is 19.1 Å². The number of rotatable bonds is 6. The van der Waals surface area contributed by atoms with Crippen LogP contribution in [0.25, 0.3) is 0 Å². The molecule has 3 fully saturated rings. The molecule has 2 unspecified atom stereocenters. The standard InChI is InChI=1S/C24H30Cl2N4O4/c25-17-4-3-16(11-18(17)26)12-23(32)30-9-8-29(13-22(31)19-5-10-34-27-19)21-15-33-14-20(24(21)30)28-6-1-2-7-28/h3-5,10-11,20-22,24,31H,1-2,6-9,12-15H2/t20-,21+,22?,24?/m0/s1. The van der Waals surface area contributed by atoms with E-state index in [4.69, 9.17) is 32.5 Å². The van der Waals surface area contributed by atoms with Crippen molar-refractivity contribution in [2.75, 3.05) is 45.9 Å². The molecule has 3 aliphatic rings. The topological polar surface area (TPSA) is 82.3 Å². The second kappa shape index (κ2) is 10.5. The Morgan fingerprint density at radius 2 is 1.88 bits per heavy atom. The van der Waals surface area contributed by atoms with Crippen molar-refractivity contribution in [3.63, 3.8) is 0 Å². The van der Waals surface area contributed by atoms with E-state index in [0.29, 0.717) is 48.6 Å². The molecule has 3 saturated heterocycles. The van der Waals surface area contributed by atoms with Gasteiger partial charge in [0.05, 0.1) is 47.8 Å². The molecule has 0 aliphatic carbocycles. The number of halogens is 2. The van der Waals surface area contributed by atoms with Crippen molar-refractivity contribution in [1.29, 1.82) is 0 Å². The molecule has 0 bridgehead atoms. The fourth-order valence-corrected chi connectivity index (χ4v) is 5.92. The van der Waals surface area contributed by atoms with E-state index in [-0.39, 0.29) is 30.5 Å². The van der Waals surface area contributed by atoms with Crippen molar-refractivity contribution < 1.29 is 19.2 Å². The number of carbonyl (C=O) groups is 1. The molecule has 1 amide bonds. The van der Waals surface area contributed by atoms with Gasteiger partial charge >= 0.3 is 0 Å². The number of hydrogen-bond acceptors (Lipinski definition) is 7. The maximum atomic E-state index is 13.6. The van der Waals surface area contributed by atoms with Crippen LogP contribution in [0.5, 0.6) is 0 Å². The molecule has 4 heterocycles. The van der Waals surface area contributed by atoms with Gasteiger partial charge in [0.1, 0.15) is 18.1 Å². The zero-order valence-electron chi connectivity index (χ0n) is 19.0. The number of β-amino-alcohol motifs (C(OH)–C–C–N with tert-alkyl or cyclic N) is 1. The molecule has 34 heavy (non-hydrogen) atoms. The first-order valence-corrected chi connectivity index (χ1v) is 12.6. The number of aromatic nitrogens is 1. The lowest BCUT2D eigenvalue weighted by Crippen LogP contribution is -2.71. The summed E-state index contributed by atoms with van der Waals surface area (Å²) in [6, 6.07) is 7.16. The van der Waals surface area contributed by atoms with E-state index in [1.54, 1.807) is 18.2 Å².